The third-order valence-corrected chi connectivity index (χ3v) is 4.65. The van der Waals surface area contributed by atoms with Crippen LogP contribution in [0.15, 0.2) is 30.3 Å². The average Bonchev–Trinajstić information content (AvgIpc) is 2.88. The van der Waals surface area contributed by atoms with Gasteiger partial charge in [-0.15, -0.1) is 0 Å². The van der Waals surface area contributed by atoms with Gasteiger partial charge in [0.05, 0.1) is 12.1 Å². The van der Waals surface area contributed by atoms with Crippen molar-refractivity contribution in [2.75, 3.05) is 13.1 Å². The zero-order valence-electron chi connectivity index (χ0n) is 13.3. The lowest BCUT2D eigenvalue weighted by molar-refractivity contribution is -0.131. The van der Waals surface area contributed by atoms with Crippen molar-refractivity contribution in [2.24, 2.45) is 0 Å². The summed E-state index contributed by atoms with van der Waals surface area (Å²) in [4.78, 5) is 14.7. The molecule has 1 fully saturated rings. The van der Waals surface area contributed by atoms with Crippen molar-refractivity contribution < 1.29 is 4.79 Å². The van der Waals surface area contributed by atoms with Crippen LogP contribution in [-0.2, 0) is 11.2 Å². The molecular formula is C18H23N3O. The molecule has 22 heavy (non-hydrogen) atoms. The second-order valence-electron chi connectivity index (χ2n) is 6.18. The largest absolute Gasteiger partial charge is 0.342 e. The molecule has 1 aromatic heterocycles. The molecule has 1 N–H and O–H groups in total. The van der Waals surface area contributed by atoms with Gasteiger partial charge in [-0.05, 0) is 32.3 Å². The number of aryl methyl sites for hydroxylation is 2. The van der Waals surface area contributed by atoms with E-state index < -0.39 is 0 Å². The molecule has 1 aliphatic heterocycles. The lowest BCUT2D eigenvalue weighted by atomic mass is 9.90. The maximum absolute atomic E-state index is 12.6. The lowest BCUT2D eigenvalue weighted by Gasteiger charge is -2.33. The Morgan fingerprint density at radius 3 is 2.77 bits per heavy atom. The summed E-state index contributed by atoms with van der Waals surface area (Å²) in [5, 5.41) is 7.14. The van der Waals surface area contributed by atoms with Gasteiger partial charge in [0.25, 0.3) is 0 Å². The number of aromatic nitrogens is 2. The van der Waals surface area contributed by atoms with Gasteiger partial charge in [-0.2, -0.15) is 5.10 Å². The number of carbonyl (C=O) groups excluding carboxylic acids is 1. The third kappa shape index (κ3) is 3.06. The van der Waals surface area contributed by atoms with E-state index in [1.165, 1.54) is 5.56 Å². The Balaban J connectivity index is 1.68. The minimum absolute atomic E-state index is 0.216. The zero-order chi connectivity index (χ0) is 15.5. The number of carbonyl (C=O) groups is 1. The molecule has 4 heteroatoms. The van der Waals surface area contributed by atoms with Crippen LogP contribution >= 0.6 is 0 Å². The van der Waals surface area contributed by atoms with Gasteiger partial charge < -0.3 is 4.90 Å². The van der Waals surface area contributed by atoms with Crippen molar-refractivity contribution in [2.45, 2.75) is 39.0 Å². The van der Waals surface area contributed by atoms with Gasteiger partial charge in [0.1, 0.15) is 0 Å². The highest BCUT2D eigenvalue weighted by Gasteiger charge is 2.25. The van der Waals surface area contributed by atoms with E-state index in [4.69, 9.17) is 0 Å². The van der Waals surface area contributed by atoms with Gasteiger partial charge in [-0.3, -0.25) is 9.89 Å². The molecule has 1 saturated heterocycles. The minimum Gasteiger partial charge on any atom is -0.342 e. The fourth-order valence-electron chi connectivity index (χ4n) is 3.30. The molecule has 1 aliphatic rings. The number of benzene rings is 1. The molecule has 116 valence electrons. The maximum atomic E-state index is 12.6. The topological polar surface area (TPSA) is 49.0 Å². The normalized spacial score (nSPS) is 18.5. The Morgan fingerprint density at radius 1 is 1.32 bits per heavy atom. The summed E-state index contributed by atoms with van der Waals surface area (Å²) < 4.78 is 0. The second kappa shape index (κ2) is 6.34. The third-order valence-electron chi connectivity index (χ3n) is 4.65. The van der Waals surface area contributed by atoms with Gasteiger partial charge in [-0.1, -0.05) is 30.3 Å². The van der Waals surface area contributed by atoms with Gasteiger partial charge in [0.15, 0.2) is 0 Å². The number of nitrogens with one attached hydrogen (secondary N) is 1. The van der Waals surface area contributed by atoms with Crippen LogP contribution in [0.2, 0.25) is 0 Å². The summed E-state index contributed by atoms with van der Waals surface area (Å²) in [6.45, 7) is 5.64. The first-order chi connectivity index (χ1) is 10.6. The Labute approximate surface area is 131 Å². The van der Waals surface area contributed by atoms with Crippen molar-refractivity contribution in [3.63, 3.8) is 0 Å². The van der Waals surface area contributed by atoms with Crippen molar-refractivity contribution >= 4 is 5.91 Å². The number of H-pyrrole nitrogens is 1. The summed E-state index contributed by atoms with van der Waals surface area (Å²) in [6, 6.07) is 10.5. The van der Waals surface area contributed by atoms with Gasteiger partial charge in [-0.25, -0.2) is 0 Å². The van der Waals surface area contributed by atoms with Crippen LogP contribution in [-0.4, -0.2) is 34.1 Å². The predicted octanol–water partition coefficient (Wildman–Crippen LogP) is 2.98. The maximum Gasteiger partial charge on any atom is 0.227 e. The molecular weight excluding hydrogens is 274 g/mol. The number of nitrogens with zero attached hydrogens (tertiary/aromatic N) is 2. The highest BCUT2D eigenvalue weighted by Crippen LogP contribution is 2.27. The van der Waals surface area contributed by atoms with E-state index in [1.54, 1.807) is 0 Å². The molecule has 0 aliphatic carbocycles. The van der Waals surface area contributed by atoms with Gasteiger partial charge in [0, 0.05) is 30.3 Å². The van der Waals surface area contributed by atoms with E-state index in [1.807, 2.05) is 24.8 Å². The van der Waals surface area contributed by atoms with Crippen LogP contribution in [0.3, 0.4) is 0 Å². The van der Waals surface area contributed by atoms with Gasteiger partial charge >= 0.3 is 0 Å². The number of hydrogen-bond acceptors (Lipinski definition) is 2. The second-order valence-corrected chi connectivity index (χ2v) is 6.18. The Bertz CT molecular complexity index is 628. The lowest BCUT2D eigenvalue weighted by Crippen LogP contribution is -2.40. The molecule has 1 atom stereocenters. The first-order valence-electron chi connectivity index (χ1n) is 7.98. The van der Waals surface area contributed by atoms with Gasteiger partial charge in [0.2, 0.25) is 5.91 Å². The van der Waals surface area contributed by atoms with E-state index in [0.717, 1.165) is 42.9 Å². The first-order valence-corrected chi connectivity index (χ1v) is 7.98. The zero-order valence-corrected chi connectivity index (χ0v) is 13.3. The summed E-state index contributed by atoms with van der Waals surface area (Å²) in [5.41, 5.74) is 4.33. The number of aromatic amines is 1. The molecule has 3 rings (SSSR count). The molecule has 2 heterocycles. The minimum atomic E-state index is 0.216. The number of hydrogen-bond donors (Lipinski definition) is 1. The SMILES string of the molecule is Cc1n[nH]c(C)c1CC(=O)N1CCCC(c2ccccc2)C1. The Morgan fingerprint density at radius 2 is 2.09 bits per heavy atom. The summed E-state index contributed by atoms with van der Waals surface area (Å²) in [5.74, 6) is 0.679. The van der Waals surface area contributed by atoms with Crippen LogP contribution in [0.5, 0.6) is 0 Å². The van der Waals surface area contributed by atoms with E-state index >= 15 is 0 Å². The highest BCUT2D eigenvalue weighted by atomic mass is 16.2. The predicted molar refractivity (Wildman–Crippen MR) is 86.8 cm³/mol. The van der Waals surface area contributed by atoms with Crippen LogP contribution in [0.25, 0.3) is 0 Å². The number of rotatable bonds is 3. The van der Waals surface area contributed by atoms with E-state index in [0.29, 0.717) is 12.3 Å². The van der Waals surface area contributed by atoms with E-state index in [9.17, 15) is 4.79 Å². The van der Waals surface area contributed by atoms with Crippen LogP contribution < -0.4 is 0 Å². The highest BCUT2D eigenvalue weighted by molar-refractivity contribution is 5.79. The summed E-state index contributed by atoms with van der Waals surface area (Å²) >= 11 is 0. The molecule has 1 amide bonds. The molecule has 0 radical (unpaired) electrons. The standard InChI is InChI=1S/C18H23N3O/c1-13-17(14(2)20-19-13)11-18(22)21-10-6-9-16(12-21)15-7-4-3-5-8-15/h3-5,7-8,16H,6,9-12H2,1-2H3,(H,19,20). The van der Waals surface area contributed by atoms with Crippen molar-refractivity contribution in [3.8, 4) is 0 Å². The molecule has 0 saturated carbocycles. The number of piperidine rings is 1. The quantitative estimate of drug-likeness (QED) is 0.947. The Hall–Kier alpha value is -2.10. The fraction of sp³-hybridized carbons (Fsp3) is 0.444. The number of amides is 1. The van der Waals surface area contributed by atoms with Crippen LogP contribution in [0.4, 0.5) is 0 Å². The molecule has 4 nitrogen and oxygen atoms in total. The van der Waals surface area contributed by atoms with Crippen molar-refractivity contribution in [3.05, 3.63) is 52.8 Å². The fourth-order valence-corrected chi connectivity index (χ4v) is 3.30. The molecule has 0 bridgehead atoms. The molecule has 2 aromatic rings. The summed E-state index contributed by atoms with van der Waals surface area (Å²) in [7, 11) is 0. The molecule has 1 unspecified atom stereocenters. The van der Waals surface area contributed by atoms with Crippen LogP contribution in [0, 0.1) is 13.8 Å². The van der Waals surface area contributed by atoms with Crippen molar-refractivity contribution in [1.82, 2.24) is 15.1 Å². The smallest absolute Gasteiger partial charge is 0.227 e. The summed E-state index contributed by atoms with van der Waals surface area (Å²) in [6.07, 6.45) is 2.70. The van der Waals surface area contributed by atoms with E-state index in [2.05, 4.69) is 34.5 Å². The monoisotopic (exact) mass is 297 g/mol. The Kier molecular flexibility index (Phi) is 4.27. The van der Waals surface area contributed by atoms with E-state index in [-0.39, 0.29) is 5.91 Å². The first kappa shape index (κ1) is 14.8. The number of likely N-dealkylation sites (tertiary alicyclic amines) is 1. The van der Waals surface area contributed by atoms with Crippen molar-refractivity contribution in [1.29, 1.82) is 0 Å². The van der Waals surface area contributed by atoms with Crippen LogP contribution in [0.1, 0.15) is 41.3 Å². The molecule has 0 spiro atoms. The molecule has 1 aromatic carbocycles. The average molecular weight is 297 g/mol.